The van der Waals surface area contributed by atoms with Crippen LogP contribution in [0.3, 0.4) is 0 Å². The van der Waals surface area contributed by atoms with Gasteiger partial charge in [-0.1, -0.05) is 11.6 Å². The van der Waals surface area contributed by atoms with E-state index in [-0.39, 0.29) is 0 Å². The number of hydrogen-bond donors (Lipinski definition) is 1. The van der Waals surface area contributed by atoms with Crippen molar-refractivity contribution in [2.45, 2.75) is 30.6 Å². The van der Waals surface area contributed by atoms with Crippen molar-refractivity contribution in [3.63, 3.8) is 0 Å². The minimum absolute atomic E-state index is 0.455. The summed E-state index contributed by atoms with van der Waals surface area (Å²) in [6, 6.07) is 0.500. The number of anilines is 1. The molecule has 0 spiro atoms. The summed E-state index contributed by atoms with van der Waals surface area (Å²) in [7, 11) is 0. The number of hydrogen-bond acceptors (Lipinski definition) is 4. The summed E-state index contributed by atoms with van der Waals surface area (Å²) in [5, 5.41) is 4.65. The monoisotopic (exact) mass is 321 g/mol. The van der Waals surface area contributed by atoms with Gasteiger partial charge in [-0.05, 0) is 41.4 Å². The first-order chi connectivity index (χ1) is 7.70. The van der Waals surface area contributed by atoms with Gasteiger partial charge < -0.3 is 5.32 Å². The highest BCUT2D eigenvalue weighted by molar-refractivity contribution is 9.10. The summed E-state index contributed by atoms with van der Waals surface area (Å²) >= 11 is 11.3. The van der Waals surface area contributed by atoms with E-state index in [1.165, 1.54) is 25.6 Å². The van der Waals surface area contributed by atoms with Crippen LogP contribution >= 0.6 is 39.3 Å². The van der Waals surface area contributed by atoms with Crippen molar-refractivity contribution >= 4 is 45.1 Å². The Balaban J connectivity index is 2.02. The molecule has 1 fully saturated rings. The van der Waals surface area contributed by atoms with E-state index in [0.29, 0.717) is 11.2 Å². The standard InChI is InChI=1S/C10H13BrClN3S/c1-16-7-3-2-6(4-7)15-10-8(11)9(12)13-5-14-10/h5-7H,2-4H2,1H3,(H,13,14,15). The smallest absolute Gasteiger partial charge is 0.148 e. The summed E-state index contributed by atoms with van der Waals surface area (Å²) in [6.07, 6.45) is 7.31. The molecule has 88 valence electrons. The second-order valence-electron chi connectivity index (χ2n) is 3.84. The van der Waals surface area contributed by atoms with Gasteiger partial charge in [0.05, 0.1) is 4.47 Å². The molecule has 2 rings (SSSR count). The molecule has 0 saturated heterocycles. The van der Waals surface area contributed by atoms with Gasteiger partial charge in [-0.3, -0.25) is 0 Å². The van der Waals surface area contributed by atoms with Gasteiger partial charge in [-0.25, -0.2) is 9.97 Å². The maximum atomic E-state index is 5.91. The fourth-order valence-corrected chi connectivity index (χ4v) is 3.18. The van der Waals surface area contributed by atoms with Crippen LogP contribution in [0.2, 0.25) is 5.15 Å². The molecule has 3 nitrogen and oxygen atoms in total. The molecule has 0 aliphatic heterocycles. The maximum Gasteiger partial charge on any atom is 0.148 e. The highest BCUT2D eigenvalue weighted by Gasteiger charge is 2.24. The third-order valence-electron chi connectivity index (χ3n) is 2.81. The Kier molecular flexibility index (Phi) is 4.33. The molecule has 16 heavy (non-hydrogen) atoms. The molecule has 1 N–H and O–H groups in total. The number of aromatic nitrogens is 2. The highest BCUT2D eigenvalue weighted by Crippen LogP contribution is 2.32. The molecule has 0 aromatic carbocycles. The molecule has 0 radical (unpaired) electrons. The molecule has 1 saturated carbocycles. The predicted octanol–water partition coefficient (Wildman–Crippen LogP) is 3.59. The quantitative estimate of drug-likeness (QED) is 0.863. The fraction of sp³-hybridized carbons (Fsp3) is 0.600. The molecule has 2 unspecified atom stereocenters. The van der Waals surface area contributed by atoms with E-state index < -0.39 is 0 Å². The van der Waals surface area contributed by atoms with Crippen molar-refractivity contribution < 1.29 is 0 Å². The van der Waals surface area contributed by atoms with Crippen LogP contribution in [0, 0.1) is 0 Å². The normalized spacial score (nSPS) is 24.7. The van der Waals surface area contributed by atoms with E-state index in [2.05, 4.69) is 37.5 Å². The van der Waals surface area contributed by atoms with Gasteiger partial charge in [-0.2, -0.15) is 11.8 Å². The van der Waals surface area contributed by atoms with Crippen LogP contribution in [0.15, 0.2) is 10.8 Å². The van der Waals surface area contributed by atoms with Crippen molar-refractivity contribution in [3.05, 3.63) is 16.0 Å². The lowest BCUT2D eigenvalue weighted by atomic mass is 10.2. The van der Waals surface area contributed by atoms with Crippen molar-refractivity contribution in [2.24, 2.45) is 0 Å². The van der Waals surface area contributed by atoms with Crippen LogP contribution < -0.4 is 5.32 Å². The second kappa shape index (κ2) is 5.56. The van der Waals surface area contributed by atoms with E-state index >= 15 is 0 Å². The summed E-state index contributed by atoms with van der Waals surface area (Å²) < 4.78 is 0.754. The zero-order valence-corrected chi connectivity index (χ0v) is 12.1. The maximum absolute atomic E-state index is 5.91. The van der Waals surface area contributed by atoms with Crippen LogP contribution in [-0.4, -0.2) is 27.5 Å². The predicted molar refractivity (Wildman–Crippen MR) is 73.3 cm³/mol. The van der Waals surface area contributed by atoms with Crippen molar-refractivity contribution in [2.75, 3.05) is 11.6 Å². The summed E-state index contributed by atoms with van der Waals surface area (Å²) in [5.74, 6) is 0.798. The van der Waals surface area contributed by atoms with Crippen LogP contribution in [0.5, 0.6) is 0 Å². The zero-order chi connectivity index (χ0) is 11.5. The lowest BCUT2D eigenvalue weighted by molar-refractivity contribution is 0.750. The van der Waals surface area contributed by atoms with Crippen molar-refractivity contribution in [3.8, 4) is 0 Å². The first kappa shape index (κ1) is 12.5. The van der Waals surface area contributed by atoms with Gasteiger partial charge in [0.1, 0.15) is 17.3 Å². The molecule has 1 aliphatic rings. The van der Waals surface area contributed by atoms with Gasteiger partial charge in [0, 0.05) is 11.3 Å². The molecule has 1 aromatic rings. The Labute approximate surface area is 113 Å². The van der Waals surface area contributed by atoms with E-state index in [0.717, 1.165) is 15.5 Å². The summed E-state index contributed by atoms with van der Waals surface area (Å²) in [4.78, 5) is 8.10. The minimum Gasteiger partial charge on any atom is -0.366 e. The first-order valence-electron chi connectivity index (χ1n) is 5.16. The summed E-state index contributed by atoms with van der Waals surface area (Å²) in [6.45, 7) is 0. The largest absolute Gasteiger partial charge is 0.366 e. The lowest BCUT2D eigenvalue weighted by Gasteiger charge is -2.14. The molecule has 6 heteroatoms. The van der Waals surface area contributed by atoms with Crippen LogP contribution in [0.1, 0.15) is 19.3 Å². The van der Waals surface area contributed by atoms with E-state index in [9.17, 15) is 0 Å². The number of rotatable bonds is 3. The van der Waals surface area contributed by atoms with E-state index in [1.807, 2.05) is 11.8 Å². The number of nitrogens with zero attached hydrogens (tertiary/aromatic N) is 2. The van der Waals surface area contributed by atoms with Crippen LogP contribution in [0.4, 0.5) is 5.82 Å². The lowest BCUT2D eigenvalue weighted by Crippen LogP contribution is -2.17. The van der Waals surface area contributed by atoms with Gasteiger partial charge in [0.25, 0.3) is 0 Å². The summed E-state index contributed by atoms with van der Waals surface area (Å²) in [5.41, 5.74) is 0. The topological polar surface area (TPSA) is 37.8 Å². The van der Waals surface area contributed by atoms with Gasteiger partial charge in [0.15, 0.2) is 0 Å². The Hall–Kier alpha value is -0.0000000000000000555. The fourth-order valence-electron chi connectivity index (χ4n) is 1.93. The SMILES string of the molecule is CSC1CCC(Nc2ncnc(Cl)c2Br)C1. The Morgan fingerprint density at radius 2 is 2.31 bits per heavy atom. The molecular weight excluding hydrogens is 310 g/mol. The highest BCUT2D eigenvalue weighted by atomic mass is 79.9. The van der Waals surface area contributed by atoms with Crippen LogP contribution in [0.25, 0.3) is 0 Å². The number of thioether (sulfide) groups is 1. The average Bonchev–Trinajstić information content (AvgIpc) is 2.73. The van der Waals surface area contributed by atoms with Crippen molar-refractivity contribution in [1.29, 1.82) is 0 Å². The van der Waals surface area contributed by atoms with Crippen LogP contribution in [-0.2, 0) is 0 Å². The molecule has 1 aromatic heterocycles. The first-order valence-corrected chi connectivity index (χ1v) is 7.62. The third-order valence-corrected chi connectivity index (χ3v) is 5.17. The Morgan fingerprint density at radius 3 is 3.00 bits per heavy atom. The van der Waals surface area contributed by atoms with E-state index in [4.69, 9.17) is 11.6 Å². The van der Waals surface area contributed by atoms with Gasteiger partial charge in [0.2, 0.25) is 0 Å². The molecule has 0 bridgehead atoms. The third kappa shape index (κ3) is 2.81. The second-order valence-corrected chi connectivity index (χ2v) is 6.13. The van der Waals surface area contributed by atoms with E-state index in [1.54, 1.807) is 0 Å². The molecule has 1 aliphatic carbocycles. The number of nitrogens with one attached hydrogen (secondary N) is 1. The Morgan fingerprint density at radius 1 is 1.50 bits per heavy atom. The van der Waals surface area contributed by atoms with Gasteiger partial charge in [-0.15, -0.1) is 0 Å². The molecular formula is C10H13BrClN3S. The molecule has 0 amide bonds. The van der Waals surface area contributed by atoms with Crippen molar-refractivity contribution in [1.82, 2.24) is 9.97 Å². The Bertz CT molecular complexity index is 377. The molecule has 2 atom stereocenters. The molecule has 1 heterocycles. The number of halogens is 2. The zero-order valence-electron chi connectivity index (χ0n) is 8.91. The van der Waals surface area contributed by atoms with Gasteiger partial charge >= 0.3 is 0 Å². The minimum atomic E-state index is 0.455. The average molecular weight is 323 g/mol.